The molecule has 4 N–H and O–H groups in total. The Bertz CT molecular complexity index is 831. The van der Waals surface area contributed by atoms with Crippen LogP contribution in [0.25, 0.3) is 6.08 Å². The molecule has 0 spiro atoms. The summed E-state index contributed by atoms with van der Waals surface area (Å²) in [6, 6.07) is 13.6. The molecule has 8 heteroatoms. The maximum absolute atomic E-state index is 12.1. The molecule has 0 aliphatic heterocycles. The average molecular weight is 369 g/mol. The van der Waals surface area contributed by atoms with E-state index in [0.29, 0.717) is 16.9 Å². The third-order valence-corrected chi connectivity index (χ3v) is 3.31. The van der Waals surface area contributed by atoms with Crippen LogP contribution in [-0.2, 0) is 4.79 Å². The van der Waals surface area contributed by atoms with Crippen molar-refractivity contribution < 1.29 is 24.6 Å². The molecule has 0 fully saturated rings. The van der Waals surface area contributed by atoms with Gasteiger partial charge < -0.3 is 9.84 Å². The van der Waals surface area contributed by atoms with Crippen molar-refractivity contribution in [2.75, 3.05) is 13.2 Å². The summed E-state index contributed by atoms with van der Waals surface area (Å²) < 4.78 is 5.26. The van der Waals surface area contributed by atoms with Gasteiger partial charge in [0.25, 0.3) is 11.8 Å². The first-order valence-corrected chi connectivity index (χ1v) is 8.01. The fourth-order valence-electron chi connectivity index (χ4n) is 2.04. The highest BCUT2D eigenvalue weighted by atomic mass is 16.5. The highest BCUT2D eigenvalue weighted by Gasteiger charge is 2.04. The Morgan fingerprint density at radius 1 is 1.11 bits per heavy atom. The van der Waals surface area contributed by atoms with Gasteiger partial charge in [-0.25, -0.2) is 10.9 Å². The number of hydrogen-bond donors (Lipinski definition) is 4. The first kappa shape index (κ1) is 19.8. The van der Waals surface area contributed by atoms with Gasteiger partial charge in [-0.15, -0.1) is 0 Å². The summed E-state index contributed by atoms with van der Waals surface area (Å²) in [5.74, 6) is -0.441. The van der Waals surface area contributed by atoms with Crippen molar-refractivity contribution in [3.63, 3.8) is 0 Å². The molecule has 2 amide bonds. The van der Waals surface area contributed by atoms with Gasteiger partial charge in [-0.1, -0.05) is 12.1 Å². The molecule has 0 aliphatic rings. The van der Waals surface area contributed by atoms with Crippen molar-refractivity contribution in [2.45, 2.75) is 0 Å². The Hall–Kier alpha value is -3.49. The van der Waals surface area contributed by atoms with Crippen LogP contribution >= 0.6 is 0 Å². The van der Waals surface area contributed by atoms with E-state index in [2.05, 4.69) is 10.5 Å². The number of benzene rings is 2. The van der Waals surface area contributed by atoms with Crippen LogP contribution in [0.1, 0.15) is 21.5 Å². The summed E-state index contributed by atoms with van der Waals surface area (Å²) in [6.45, 7) is 0.170. The van der Waals surface area contributed by atoms with Crippen molar-refractivity contribution in [1.82, 2.24) is 10.9 Å². The Labute approximate surface area is 155 Å². The monoisotopic (exact) mass is 369 g/mol. The number of nitrogens with one attached hydrogen (secondary N) is 2. The minimum absolute atomic E-state index is 0.0547. The van der Waals surface area contributed by atoms with E-state index >= 15 is 0 Å². The van der Waals surface area contributed by atoms with Crippen LogP contribution in [0.3, 0.4) is 0 Å². The average Bonchev–Trinajstić information content (AvgIpc) is 2.71. The van der Waals surface area contributed by atoms with E-state index in [1.54, 1.807) is 48.5 Å². The predicted molar refractivity (Wildman–Crippen MR) is 99.5 cm³/mol. The van der Waals surface area contributed by atoms with E-state index in [-0.39, 0.29) is 13.2 Å². The fraction of sp³-hybridized carbons (Fsp3) is 0.105. The third kappa shape index (κ3) is 6.73. The lowest BCUT2D eigenvalue weighted by atomic mass is 10.1. The second-order valence-corrected chi connectivity index (χ2v) is 5.28. The van der Waals surface area contributed by atoms with E-state index in [9.17, 15) is 9.59 Å². The van der Waals surface area contributed by atoms with Crippen molar-refractivity contribution in [2.24, 2.45) is 5.10 Å². The van der Waals surface area contributed by atoms with Gasteiger partial charge >= 0.3 is 0 Å². The van der Waals surface area contributed by atoms with Gasteiger partial charge in [0.2, 0.25) is 0 Å². The lowest BCUT2D eigenvalue weighted by molar-refractivity contribution is -0.124. The number of ether oxygens (including phenoxy) is 1. The SMILES string of the molecule is O=C(/C=C/c1cccc(C(=O)N/N=C/c2ccc(OCCO)cc2)c1)NO. The molecule has 0 aliphatic carbocycles. The maximum atomic E-state index is 12.1. The van der Waals surface area contributed by atoms with E-state index in [1.807, 2.05) is 0 Å². The molecule has 2 rings (SSSR count). The molecule has 0 radical (unpaired) electrons. The van der Waals surface area contributed by atoms with Crippen molar-refractivity contribution in [3.8, 4) is 5.75 Å². The molecule has 2 aromatic carbocycles. The molecular weight excluding hydrogens is 350 g/mol. The number of carbonyl (C=O) groups excluding carboxylic acids is 2. The van der Waals surface area contributed by atoms with Crippen LogP contribution in [0, 0.1) is 0 Å². The largest absolute Gasteiger partial charge is 0.491 e. The summed E-state index contributed by atoms with van der Waals surface area (Å²) in [5.41, 5.74) is 5.66. The zero-order chi connectivity index (χ0) is 19.5. The number of hydrazone groups is 1. The van der Waals surface area contributed by atoms with Gasteiger partial charge in [-0.2, -0.15) is 5.10 Å². The number of hydrogen-bond acceptors (Lipinski definition) is 6. The highest BCUT2D eigenvalue weighted by molar-refractivity contribution is 5.96. The van der Waals surface area contributed by atoms with E-state index in [1.165, 1.54) is 17.8 Å². The Balaban J connectivity index is 1.94. The minimum Gasteiger partial charge on any atom is -0.491 e. The second kappa shape index (κ2) is 10.5. The van der Waals surface area contributed by atoms with Crippen LogP contribution in [-0.4, -0.2) is 41.6 Å². The Kier molecular flexibility index (Phi) is 7.70. The number of aliphatic hydroxyl groups is 1. The van der Waals surface area contributed by atoms with Crippen LogP contribution in [0.15, 0.2) is 59.7 Å². The van der Waals surface area contributed by atoms with Gasteiger partial charge in [0.1, 0.15) is 12.4 Å². The lowest BCUT2D eigenvalue weighted by Gasteiger charge is -2.04. The molecular formula is C19H19N3O5. The predicted octanol–water partition coefficient (Wildman–Crippen LogP) is 1.34. The molecule has 0 atom stereocenters. The fourth-order valence-corrected chi connectivity index (χ4v) is 2.04. The minimum atomic E-state index is -0.665. The Morgan fingerprint density at radius 3 is 2.59 bits per heavy atom. The maximum Gasteiger partial charge on any atom is 0.271 e. The summed E-state index contributed by atoms with van der Waals surface area (Å²) in [5, 5.41) is 21.1. The van der Waals surface area contributed by atoms with E-state index < -0.39 is 11.8 Å². The van der Waals surface area contributed by atoms with Crippen molar-refractivity contribution in [3.05, 3.63) is 71.3 Å². The van der Waals surface area contributed by atoms with Crippen LogP contribution in [0.4, 0.5) is 0 Å². The molecule has 8 nitrogen and oxygen atoms in total. The van der Waals surface area contributed by atoms with Crippen molar-refractivity contribution >= 4 is 24.1 Å². The molecule has 0 saturated carbocycles. The van der Waals surface area contributed by atoms with Gasteiger partial charge in [0.15, 0.2) is 0 Å². The summed E-state index contributed by atoms with van der Waals surface area (Å²) in [7, 11) is 0. The van der Waals surface area contributed by atoms with Crippen LogP contribution in [0.2, 0.25) is 0 Å². The number of amides is 2. The zero-order valence-corrected chi connectivity index (χ0v) is 14.3. The molecule has 27 heavy (non-hydrogen) atoms. The van der Waals surface area contributed by atoms with Gasteiger partial charge in [0, 0.05) is 11.6 Å². The smallest absolute Gasteiger partial charge is 0.271 e. The summed E-state index contributed by atoms with van der Waals surface area (Å²) in [6.07, 6.45) is 4.10. The zero-order valence-electron chi connectivity index (χ0n) is 14.3. The first-order chi connectivity index (χ1) is 13.1. The molecule has 0 heterocycles. The second-order valence-electron chi connectivity index (χ2n) is 5.28. The quantitative estimate of drug-likeness (QED) is 0.242. The normalized spacial score (nSPS) is 10.9. The van der Waals surface area contributed by atoms with Crippen molar-refractivity contribution in [1.29, 1.82) is 0 Å². The van der Waals surface area contributed by atoms with Crippen LogP contribution < -0.4 is 15.6 Å². The van der Waals surface area contributed by atoms with E-state index in [4.69, 9.17) is 15.1 Å². The number of hydroxylamine groups is 1. The standard InChI is InChI=1S/C19H19N3O5/c23-10-11-27-17-7-4-15(5-8-17)13-20-21-19(25)16-3-1-2-14(12-16)6-9-18(24)22-26/h1-9,12-13,23,26H,10-11H2,(H,21,25)(H,22,24)/b9-6+,20-13+. The number of nitrogens with zero attached hydrogens (tertiary/aromatic N) is 1. The van der Waals surface area contributed by atoms with Gasteiger partial charge in [0.05, 0.1) is 12.8 Å². The van der Waals surface area contributed by atoms with Crippen LogP contribution in [0.5, 0.6) is 5.75 Å². The molecule has 0 saturated heterocycles. The highest BCUT2D eigenvalue weighted by Crippen LogP contribution is 2.11. The molecule has 0 unspecified atom stereocenters. The first-order valence-electron chi connectivity index (χ1n) is 8.01. The number of aliphatic hydroxyl groups excluding tert-OH is 1. The Morgan fingerprint density at radius 2 is 1.89 bits per heavy atom. The molecule has 0 bridgehead atoms. The number of carbonyl (C=O) groups is 2. The molecule has 0 aromatic heterocycles. The third-order valence-electron chi connectivity index (χ3n) is 3.31. The summed E-state index contributed by atoms with van der Waals surface area (Å²) in [4.78, 5) is 23.1. The topological polar surface area (TPSA) is 120 Å². The molecule has 140 valence electrons. The lowest BCUT2D eigenvalue weighted by Crippen LogP contribution is -2.17. The molecule has 2 aromatic rings. The van der Waals surface area contributed by atoms with Gasteiger partial charge in [-0.3, -0.25) is 14.8 Å². The summed E-state index contributed by atoms with van der Waals surface area (Å²) >= 11 is 0. The van der Waals surface area contributed by atoms with E-state index in [0.717, 1.165) is 11.6 Å². The number of rotatable bonds is 8. The van der Waals surface area contributed by atoms with Gasteiger partial charge in [-0.05, 0) is 53.6 Å².